The highest BCUT2D eigenvalue weighted by molar-refractivity contribution is 5.63. The Bertz CT molecular complexity index is 669. The quantitative estimate of drug-likeness (QED) is 0.769. The third-order valence-corrected chi connectivity index (χ3v) is 5.21. The first-order chi connectivity index (χ1) is 12.6. The molecule has 0 atom stereocenters. The lowest BCUT2D eigenvalue weighted by atomic mass is 10.0. The number of nitrogens with two attached hydrogens (primary N) is 2. The summed E-state index contributed by atoms with van der Waals surface area (Å²) < 4.78 is 0. The molecule has 4 nitrogen and oxygen atoms in total. The van der Waals surface area contributed by atoms with Crippen LogP contribution in [0.4, 0.5) is 22.7 Å². The number of aryl methyl sites for hydroxylation is 2. The van der Waals surface area contributed by atoms with Crippen LogP contribution < -0.4 is 21.3 Å². The maximum Gasteiger partial charge on any atom is 0.0401 e. The molecule has 3 rings (SSSR count). The number of hydrogen-bond donors (Lipinski definition) is 2. The van der Waals surface area contributed by atoms with Gasteiger partial charge in [0.25, 0.3) is 0 Å². The van der Waals surface area contributed by atoms with Crippen molar-refractivity contribution in [3.05, 3.63) is 47.5 Å². The van der Waals surface area contributed by atoms with E-state index in [2.05, 4.69) is 47.9 Å². The minimum Gasteiger partial charge on any atom is -0.399 e. The van der Waals surface area contributed by atoms with E-state index in [4.69, 9.17) is 11.5 Å². The molecule has 0 unspecified atom stereocenters. The SMILES string of the molecule is CCCc1cc(N)ccc1N1CCN(c2ccc(N)cc2CCC)CC1. The van der Waals surface area contributed by atoms with Gasteiger partial charge in [0.2, 0.25) is 0 Å². The smallest absolute Gasteiger partial charge is 0.0401 e. The molecule has 0 spiro atoms. The summed E-state index contributed by atoms with van der Waals surface area (Å²) in [5.41, 5.74) is 19.2. The number of hydrogen-bond acceptors (Lipinski definition) is 4. The van der Waals surface area contributed by atoms with Crippen molar-refractivity contribution >= 4 is 22.7 Å². The monoisotopic (exact) mass is 352 g/mol. The van der Waals surface area contributed by atoms with Gasteiger partial charge in [0.15, 0.2) is 0 Å². The van der Waals surface area contributed by atoms with Crippen molar-refractivity contribution in [2.75, 3.05) is 47.4 Å². The van der Waals surface area contributed by atoms with Gasteiger partial charge in [-0.1, -0.05) is 26.7 Å². The van der Waals surface area contributed by atoms with Crippen molar-refractivity contribution in [1.82, 2.24) is 0 Å². The molecule has 1 aliphatic rings. The van der Waals surface area contributed by atoms with E-state index in [0.29, 0.717) is 0 Å². The molecule has 0 amide bonds. The zero-order valence-electron chi connectivity index (χ0n) is 16.2. The average molecular weight is 353 g/mol. The van der Waals surface area contributed by atoms with E-state index in [1.165, 1.54) is 22.5 Å². The Labute approximate surface area is 157 Å². The van der Waals surface area contributed by atoms with E-state index in [-0.39, 0.29) is 0 Å². The Balaban J connectivity index is 1.74. The maximum atomic E-state index is 6.01. The third-order valence-electron chi connectivity index (χ3n) is 5.21. The first-order valence-electron chi connectivity index (χ1n) is 9.89. The van der Waals surface area contributed by atoms with Crippen LogP contribution in [0.25, 0.3) is 0 Å². The van der Waals surface area contributed by atoms with E-state index in [0.717, 1.165) is 63.2 Å². The molecule has 4 N–H and O–H groups in total. The molecule has 1 aliphatic heterocycles. The molecule has 2 aromatic rings. The summed E-state index contributed by atoms with van der Waals surface area (Å²) in [5.74, 6) is 0. The van der Waals surface area contributed by atoms with E-state index >= 15 is 0 Å². The summed E-state index contributed by atoms with van der Waals surface area (Å²) in [6.45, 7) is 8.60. The highest BCUT2D eigenvalue weighted by atomic mass is 15.3. The summed E-state index contributed by atoms with van der Waals surface area (Å²) in [6.07, 6.45) is 4.45. The predicted molar refractivity (Wildman–Crippen MR) is 114 cm³/mol. The molecule has 0 radical (unpaired) electrons. The van der Waals surface area contributed by atoms with Gasteiger partial charge < -0.3 is 21.3 Å². The average Bonchev–Trinajstić information content (AvgIpc) is 2.63. The highest BCUT2D eigenvalue weighted by Gasteiger charge is 2.21. The summed E-state index contributed by atoms with van der Waals surface area (Å²) in [6, 6.07) is 12.7. The van der Waals surface area contributed by atoms with Crippen LogP contribution in [0.3, 0.4) is 0 Å². The Morgan fingerprint density at radius 2 is 1.08 bits per heavy atom. The minimum absolute atomic E-state index is 0.863. The molecule has 26 heavy (non-hydrogen) atoms. The van der Waals surface area contributed by atoms with Gasteiger partial charge in [-0.3, -0.25) is 0 Å². The lowest BCUT2D eigenvalue weighted by Crippen LogP contribution is -2.47. The number of nitrogens with zero attached hydrogens (tertiary/aromatic N) is 2. The van der Waals surface area contributed by atoms with Crippen molar-refractivity contribution in [1.29, 1.82) is 0 Å². The Kier molecular flexibility index (Phi) is 5.92. The number of anilines is 4. The number of rotatable bonds is 6. The van der Waals surface area contributed by atoms with Crippen LogP contribution in [0, 0.1) is 0 Å². The Hall–Kier alpha value is -2.36. The van der Waals surface area contributed by atoms with Crippen LogP contribution in [-0.4, -0.2) is 26.2 Å². The van der Waals surface area contributed by atoms with E-state index < -0.39 is 0 Å². The van der Waals surface area contributed by atoms with Crippen molar-refractivity contribution in [2.24, 2.45) is 0 Å². The van der Waals surface area contributed by atoms with Gasteiger partial charge in [0.1, 0.15) is 0 Å². The second-order valence-electron chi connectivity index (χ2n) is 7.25. The fourth-order valence-electron chi connectivity index (χ4n) is 3.96. The normalized spacial score (nSPS) is 14.7. The molecule has 0 aliphatic carbocycles. The summed E-state index contributed by atoms with van der Waals surface area (Å²) >= 11 is 0. The molecular weight excluding hydrogens is 320 g/mol. The summed E-state index contributed by atoms with van der Waals surface area (Å²) in [4.78, 5) is 5.02. The Morgan fingerprint density at radius 3 is 1.42 bits per heavy atom. The summed E-state index contributed by atoms with van der Waals surface area (Å²) in [5, 5.41) is 0. The molecule has 0 aromatic heterocycles. The molecule has 1 saturated heterocycles. The fraction of sp³-hybridized carbons (Fsp3) is 0.455. The van der Waals surface area contributed by atoms with Crippen molar-refractivity contribution in [2.45, 2.75) is 39.5 Å². The van der Waals surface area contributed by atoms with Crippen LogP contribution in [0.5, 0.6) is 0 Å². The van der Waals surface area contributed by atoms with Crippen LogP contribution >= 0.6 is 0 Å². The molecular formula is C22H32N4. The van der Waals surface area contributed by atoms with Gasteiger partial charge in [-0.25, -0.2) is 0 Å². The van der Waals surface area contributed by atoms with Gasteiger partial charge in [0.05, 0.1) is 0 Å². The van der Waals surface area contributed by atoms with Gasteiger partial charge in [-0.15, -0.1) is 0 Å². The lowest BCUT2D eigenvalue weighted by Gasteiger charge is -2.39. The highest BCUT2D eigenvalue weighted by Crippen LogP contribution is 2.29. The second-order valence-corrected chi connectivity index (χ2v) is 7.25. The van der Waals surface area contributed by atoms with Crippen molar-refractivity contribution in [3.8, 4) is 0 Å². The van der Waals surface area contributed by atoms with E-state index in [9.17, 15) is 0 Å². The summed E-state index contributed by atoms with van der Waals surface area (Å²) in [7, 11) is 0. The largest absolute Gasteiger partial charge is 0.399 e. The molecule has 4 heteroatoms. The van der Waals surface area contributed by atoms with Crippen molar-refractivity contribution in [3.63, 3.8) is 0 Å². The second kappa shape index (κ2) is 8.35. The Morgan fingerprint density at radius 1 is 0.692 bits per heavy atom. The lowest BCUT2D eigenvalue weighted by molar-refractivity contribution is 0.648. The van der Waals surface area contributed by atoms with Crippen LogP contribution in [0.15, 0.2) is 36.4 Å². The van der Waals surface area contributed by atoms with Crippen LogP contribution in [0.1, 0.15) is 37.8 Å². The predicted octanol–water partition coefficient (Wildman–Crippen LogP) is 4.08. The van der Waals surface area contributed by atoms with Gasteiger partial charge in [-0.05, 0) is 60.4 Å². The standard InChI is InChI=1S/C22H32N4/c1-3-5-17-15-19(23)7-9-21(17)25-11-13-26(14-12-25)22-10-8-20(24)16-18(22)6-4-2/h7-10,15-16H,3-6,11-14,23-24H2,1-2H3. The van der Waals surface area contributed by atoms with Crippen molar-refractivity contribution < 1.29 is 0 Å². The van der Waals surface area contributed by atoms with Crippen LogP contribution in [-0.2, 0) is 12.8 Å². The third kappa shape index (κ3) is 4.06. The first kappa shape index (κ1) is 18.4. The molecule has 0 saturated carbocycles. The number of benzene rings is 2. The molecule has 2 aromatic carbocycles. The van der Waals surface area contributed by atoms with E-state index in [1.54, 1.807) is 0 Å². The van der Waals surface area contributed by atoms with Gasteiger partial charge in [-0.2, -0.15) is 0 Å². The first-order valence-corrected chi connectivity index (χ1v) is 9.89. The number of piperazine rings is 1. The zero-order chi connectivity index (χ0) is 18.5. The molecule has 0 bridgehead atoms. The molecule has 140 valence electrons. The number of nitrogen functional groups attached to an aromatic ring is 2. The minimum atomic E-state index is 0.863. The van der Waals surface area contributed by atoms with Crippen LogP contribution in [0.2, 0.25) is 0 Å². The topological polar surface area (TPSA) is 58.5 Å². The maximum absolute atomic E-state index is 6.01. The van der Waals surface area contributed by atoms with Gasteiger partial charge >= 0.3 is 0 Å². The fourth-order valence-corrected chi connectivity index (χ4v) is 3.96. The molecule has 1 fully saturated rings. The molecule has 1 heterocycles. The van der Waals surface area contributed by atoms with Gasteiger partial charge in [0, 0.05) is 48.9 Å². The van der Waals surface area contributed by atoms with E-state index in [1.807, 2.05) is 12.1 Å². The zero-order valence-corrected chi connectivity index (χ0v) is 16.2.